The monoisotopic (exact) mass is 566 g/mol. The number of nitrogens with zero attached hydrogens (tertiary/aromatic N) is 3. The molecule has 2 bridgehead atoms. The van der Waals surface area contributed by atoms with E-state index in [-0.39, 0.29) is 42.4 Å². The van der Waals surface area contributed by atoms with E-state index in [1.54, 1.807) is 39.6 Å². The summed E-state index contributed by atoms with van der Waals surface area (Å²) in [7, 11) is 5.53. The SMILES string of the molecule is Cc1oc2nc1C(=O)N(C)C[C@H](C)C[C@@](C)(O)[C@H](O[C@@H]1C[C@H](C)C[C@H](N(C)C)[C@H]1O)[C@@H](C)[C@H](O)[C@@H](C)C(=O)NC2. The summed E-state index contributed by atoms with van der Waals surface area (Å²) in [5.74, 6) is -1.52. The maximum Gasteiger partial charge on any atom is 0.275 e. The molecular weight excluding hydrogens is 516 g/mol. The van der Waals surface area contributed by atoms with Crippen molar-refractivity contribution in [1.82, 2.24) is 20.1 Å². The second-order valence-electron chi connectivity index (χ2n) is 12.9. The van der Waals surface area contributed by atoms with Crippen LogP contribution in [-0.4, -0.2) is 106 Å². The topological polar surface area (TPSA) is 149 Å². The van der Waals surface area contributed by atoms with E-state index in [1.165, 1.54) is 0 Å². The Balaban J connectivity index is 1.96. The van der Waals surface area contributed by atoms with Gasteiger partial charge in [-0.05, 0) is 59.0 Å². The number of ether oxygens (including phenoxy) is 1. The summed E-state index contributed by atoms with van der Waals surface area (Å²) >= 11 is 0. The van der Waals surface area contributed by atoms with E-state index in [4.69, 9.17) is 9.15 Å². The molecule has 1 aromatic rings. The molecule has 0 spiro atoms. The molecule has 2 amide bonds. The van der Waals surface area contributed by atoms with Crippen LogP contribution in [-0.2, 0) is 16.1 Å². The lowest BCUT2D eigenvalue weighted by Gasteiger charge is -2.47. The first-order valence-corrected chi connectivity index (χ1v) is 14.4. The van der Waals surface area contributed by atoms with E-state index in [0.717, 1.165) is 6.42 Å². The zero-order valence-corrected chi connectivity index (χ0v) is 25.5. The predicted octanol–water partition coefficient (Wildman–Crippen LogP) is 1.57. The summed E-state index contributed by atoms with van der Waals surface area (Å²) in [6.07, 6.45) is -1.68. The van der Waals surface area contributed by atoms with Gasteiger partial charge in [0.1, 0.15) is 5.76 Å². The van der Waals surface area contributed by atoms with Crippen LogP contribution in [0.5, 0.6) is 0 Å². The highest BCUT2D eigenvalue weighted by atomic mass is 16.5. The van der Waals surface area contributed by atoms with Gasteiger partial charge >= 0.3 is 0 Å². The number of fused-ring (bicyclic) bond motifs is 2. The van der Waals surface area contributed by atoms with Crippen molar-refractivity contribution in [2.75, 3.05) is 27.7 Å². The molecular formula is C29H50N4O7. The number of likely N-dealkylation sites (N-methyl/N-ethyl adjacent to an activating group) is 1. The van der Waals surface area contributed by atoms with E-state index in [9.17, 15) is 24.9 Å². The molecule has 3 rings (SSSR count). The molecule has 1 aliphatic heterocycles. The van der Waals surface area contributed by atoms with Crippen molar-refractivity contribution in [2.24, 2.45) is 23.7 Å². The maximum absolute atomic E-state index is 13.1. The second kappa shape index (κ2) is 12.9. The first kappa shape index (κ1) is 32.5. The Labute approximate surface area is 238 Å². The molecule has 0 unspecified atom stereocenters. The predicted molar refractivity (Wildman–Crippen MR) is 149 cm³/mol. The fraction of sp³-hybridized carbons (Fsp3) is 0.828. The number of rotatable bonds is 3. The molecule has 4 N–H and O–H groups in total. The van der Waals surface area contributed by atoms with Crippen LogP contribution in [0.15, 0.2) is 4.42 Å². The normalized spacial score (nSPS) is 38.9. The molecule has 1 saturated carbocycles. The van der Waals surface area contributed by atoms with Gasteiger partial charge in [0.05, 0.1) is 42.5 Å². The number of aliphatic hydroxyl groups excluding tert-OH is 2. The van der Waals surface area contributed by atoms with E-state index in [0.29, 0.717) is 24.6 Å². The Morgan fingerprint density at radius 1 is 1.10 bits per heavy atom. The molecule has 10 atom stereocenters. The third kappa shape index (κ3) is 7.23. The zero-order valence-electron chi connectivity index (χ0n) is 25.5. The van der Waals surface area contributed by atoms with Crippen molar-refractivity contribution in [3.8, 4) is 0 Å². The number of nitrogens with one attached hydrogen (secondary N) is 1. The van der Waals surface area contributed by atoms with Gasteiger partial charge in [-0.3, -0.25) is 9.59 Å². The minimum Gasteiger partial charge on any atom is -0.443 e. The zero-order chi connectivity index (χ0) is 30.1. The summed E-state index contributed by atoms with van der Waals surface area (Å²) < 4.78 is 12.2. The summed E-state index contributed by atoms with van der Waals surface area (Å²) in [5.41, 5.74) is -1.27. The van der Waals surface area contributed by atoms with Gasteiger partial charge in [0.15, 0.2) is 5.69 Å². The van der Waals surface area contributed by atoms with Gasteiger partial charge in [-0.25, -0.2) is 4.98 Å². The largest absolute Gasteiger partial charge is 0.443 e. The molecule has 1 fully saturated rings. The third-order valence-electron chi connectivity index (χ3n) is 8.74. The van der Waals surface area contributed by atoms with E-state index >= 15 is 0 Å². The van der Waals surface area contributed by atoms with Gasteiger partial charge in [-0.15, -0.1) is 0 Å². The lowest BCUT2D eigenvalue weighted by Crippen LogP contribution is -2.58. The minimum absolute atomic E-state index is 0.0335. The van der Waals surface area contributed by atoms with Crippen LogP contribution in [0.3, 0.4) is 0 Å². The highest BCUT2D eigenvalue weighted by molar-refractivity contribution is 5.93. The highest BCUT2D eigenvalue weighted by Gasteiger charge is 2.47. The standard InChI is InChI=1S/C29H50N4O7/c1-15-10-20(32(7)8)25(35)21(11-15)40-26-17(3)24(34)18(4)27(36)30-13-22-31-23(19(5)39-22)28(37)33(9)14-16(2)12-29(26,6)38/h15-18,20-21,24-26,34-35,38H,10-14H2,1-9H3,(H,30,36)/t15-,16-,17+,18-,20+,21-,24+,25-,26-,29-/m1/s1. The van der Waals surface area contributed by atoms with E-state index < -0.39 is 47.8 Å². The molecule has 228 valence electrons. The Kier molecular flexibility index (Phi) is 10.4. The summed E-state index contributed by atoms with van der Waals surface area (Å²) in [6.45, 7) is 11.1. The Bertz CT molecular complexity index is 1030. The Morgan fingerprint density at radius 2 is 1.75 bits per heavy atom. The molecule has 0 saturated heterocycles. The summed E-state index contributed by atoms with van der Waals surface area (Å²) in [4.78, 5) is 34.0. The second-order valence-corrected chi connectivity index (χ2v) is 12.9. The number of carbonyl (C=O) groups excluding carboxylic acids is 2. The van der Waals surface area contributed by atoms with E-state index in [2.05, 4.69) is 17.2 Å². The van der Waals surface area contributed by atoms with Crippen LogP contribution < -0.4 is 5.32 Å². The van der Waals surface area contributed by atoms with Crippen molar-refractivity contribution >= 4 is 11.8 Å². The molecule has 1 aromatic heterocycles. The van der Waals surface area contributed by atoms with Crippen LogP contribution in [0.25, 0.3) is 0 Å². The van der Waals surface area contributed by atoms with Gasteiger partial charge in [-0.2, -0.15) is 0 Å². The van der Waals surface area contributed by atoms with Gasteiger partial charge in [0.2, 0.25) is 11.8 Å². The Morgan fingerprint density at radius 3 is 2.38 bits per heavy atom. The number of hydrogen-bond donors (Lipinski definition) is 4. The number of amides is 2. The number of aromatic nitrogens is 1. The van der Waals surface area contributed by atoms with Crippen molar-refractivity contribution < 1.29 is 34.1 Å². The van der Waals surface area contributed by atoms with Crippen molar-refractivity contribution in [1.29, 1.82) is 0 Å². The Hall–Kier alpha value is -2.05. The maximum atomic E-state index is 13.1. The van der Waals surface area contributed by atoms with Crippen LogP contribution in [0.1, 0.15) is 76.0 Å². The minimum atomic E-state index is -1.44. The van der Waals surface area contributed by atoms with Crippen LogP contribution >= 0.6 is 0 Å². The lowest BCUT2D eigenvalue weighted by molar-refractivity contribution is -0.207. The van der Waals surface area contributed by atoms with Crippen LogP contribution in [0.2, 0.25) is 0 Å². The molecule has 2 heterocycles. The number of aryl methyl sites for hydroxylation is 1. The van der Waals surface area contributed by atoms with Gasteiger partial charge in [-0.1, -0.05) is 27.7 Å². The lowest BCUT2D eigenvalue weighted by atomic mass is 9.77. The van der Waals surface area contributed by atoms with E-state index in [1.807, 2.05) is 25.9 Å². The number of oxazole rings is 1. The molecule has 0 radical (unpaired) electrons. The number of aliphatic hydroxyl groups is 3. The fourth-order valence-corrected chi connectivity index (χ4v) is 6.57. The first-order valence-electron chi connectivity index (χ1n) is 14.4. The van der Waals surface area contributed by atoms with Crippen LogP contribution in [0.4, 0.5) is 0 Å². The molecule has 40 heavy (non-hydrogen) atoms. The fourth-order valence-electron chi connectivity index (χ4n) is 6.57. The molecule has 11 nitrogen and oxygen atoms in total. The van der Waals surface area contributed by atoms with Crippen molar-refractivity contribution in [3.05, 3.63) is 17.3 Å². The van der Waals surface area contributed by atoms with Gasteiger partial charge in [0, 0.05) is 25.6 Å². The number of hydrogen-bond acceptors (Lipinski definition) is 9. The molecule has 11 heteroatoms. The number of carbonyl (C=O) groups is 2. The first-order chi connectivity index (χ1) is 18.5. The van der Waals surface area contributed by atoms with Crippen LogP contribution in [0, 0.1) is 30.6 Å². The van der Waals surface area contributed by atoms with Crippen molar-refractivity contribution in [2.45, 2.75) is 103 Å². The summed E-state index contributed by atoms with van der Waals surface area (Å²) in [6, 6.07) is -0.105. The molecule has 0 aromatic carbocycles. The average molecular weight is 567 g/mol. The molecule has 2 aliphatic rings. The summed E-state index contributed by atoms with van der Waals surface area (Å²) in [5, 5.41) is 37.3. The molecule has 1 aliphatic carbocycles. The average Bonchev–Trinajstić information content (AvgIpc) is 3.24. The third-order valence-corrected chi connectivity index (χ3v) is 8.74. The smallest absolute Gasteiger partial charge is 0.275 e. The van der Waals surface area contributed by atoms with Gasteiger partial charge in [0.25, 0.3) is 5.91 Å². The van der Waals surface area contributed by atoms with Gasteiger partial charge < -0.3 is 39.6 Å². The highest BCUT2D eigenvalue weighted by Crippen LogP contribution is 2.37. The quantitative estimate of drug-likeness (QED) is 0.428. The van der Waals surface area contributed by atoms with Crippen molar-refractivity contribution in [3.63, 3.8) is 0 Å².